The van der Waals surface area contributed by atoms with Gasteiger partial charge in [0.15, 0.2) is 6.04 Å². The number of para-hydroxylation sites is 1. The molecule has 0 aliphatic heterocycles. The van der Waals surface area contributed by atoms with E-state index in [-0.39, 0.29) is 5.91 Å². The van der Waals surface area contributed by atoms with Gasteiger partial charge in [0.2, 0.25) is 0 Å². The number of pyridine rings is 1. The summed E-state index contributed by atoms with van der Waals surface area (Å²) in [4.78, 5) is 30.3. The molecule has 4 aromatic rings. The number of hydrogen-bond acceptors (Lipinski definition) is 5. The smallest absolute Gasteiger partial charge is 0.333 e. The van der Waals surface area contributed by atoms with Crippen molar-refractivity contribution in [2.75, 3.05) is 7.11 Å². The summed E-state index contributed by atoms with van der Waals surface area (Å²) < 4.78 is 4.91. The molecule has 29 heavy (non-hydrogen) atoms. The summed E-state index contributed by atoms with van der Waals surface area (Å²) in [6.45, 7) is 0. The van der Waals surface area contributed by atoms with E-state index in [0.717, 1.165) is 16.5 Å². The molecule has 0 saturated carbocycles. The number of thiophene rings is 1. The standard InChI is InChI=1S/C23H18N2O3S/c1-28-23(27)21(15-7-3-2-4-8-15)25-22(26)18-13-20(16-11-12-29-14-16)24-19-10-6-5-9-17(18)19/h2-14,21H,1H3,(H,25,26). The number of amides is 1. The molecule has 6 heteroatoms. The Kier molecular flexibility index (Phi) is 5.35. The molecule has 4 rings (SSSR count). The van der Waals surface area contributed by atoms with Crippen LogP contribution in [0.1, 0.15) is 22.0 Å². The number of fused-ring (bicyclic) bond motifs is 1. The summed E-state index contributed by atoms with van der Waals surface area (Å²) in [5.41, 5.74) is 3.49. The molecule has 0 aliphatic rings. The van der Waals surface area contributed by atoms with Crippen molar-refractivity contribution in [1.29, 1.82) is 0 Å². The number of carbonyl (C=O) groups excluding carboxylic acids is 2. The van der Waals surface area contributed by atoms with Gasteiger partial charge in [0.25, 0.3) is 5.91 Å². The van der Waals surface area contributed by atoms with Crippen LogP contribution in [0.2, 0.25) is 0 Å². The van der Waals surface area contributed by atoms with Crippen molar-refractivity contribution >= 4 is 34.1 Å². The van der Waals surface area contributed by atoms with E-state index in [4.69, 9.17) is 4.74 Å². The predicted molar refractivity (Wildman–Crippen MR) is 114 cm³/mol. The molecule has 2 aromatic heterocycles. The number of benzene rings is 2. The van der Waals surface area contributed by atoms with Crippen LogP contribution in [0, 0.1) is 0 Å². The number of nitrogens with zero attached hydrogens (tertiary/aromatic N) is 1. The Morgan fingerprint density at radius 3 is 2.52 bits per heavy atom. The summed E-state index contributed by atoms with van der Waals surface area (Å²) in [6.07, 6.45) is 0. The molecule has 0 spiro atoms. The Morgan fingerprint density at radius 2 is 1.79 bits per heavy atom. The zero-order valence-corrected chi connectivity index (χ0v) is 16.5. The van der Waals surface area contributed by atoms with E-state index >= 15 is 0 Å². The minimum atomic E-state index is -0.898. The maximum absolute atomic E-state index is 13.2. The molecule has 1 atom stereocenters. The predicted octanol–water partition coefficient (Wildman–Crippen LogP) is 4.61. The van der Waals surface area contributed by atoms with Crippen molar-refractivity contribution in [3.8, 4) is 11.3 Å². The lowest BCUT2D eigenvalue weighted by molar-refractivity contribution is -0.143. The number of carbonyl (C=O) groups is 2. The highest BCUT2D eigenvalue weighted by Gasteiger charge is 2.25. The number of hydrogen-bond donors (Lipinski definition) is 1. The van der Waals surface area contributed by atoms with Gasteiger partial charge in [-0.15, -0.1) is 0 Å². The second kappa shape index (κ2) is 8.24. The van der Waals surface area contributed by atoms with Crippen molar-refractivity contribution in [1.82, 2.24) is 10.3 Å². The van der Waals surface area contributed by atoms with Crippen LogP contribution < -0.4 is 5.32 Å². The topological polar surface area (TPSA) is 68.3 Å². The first-order valence-corrected chi connectivity index (χ1v) is 9.97. The number of esters is 1. The van der Waals surface area contributed by atoms with Gasteiger partial charge in [0, 0.05) is 16.3 Å². The molecule has 5 nitrogen and oxygen atoms in total. The van der Waals surface area contributed by atoms with Crippen molar-refractivity contribution in [2.24, 2.45) is 0 Å². The SMILES string of the molecule is COC(=O)C(NC(=O)c1cc(-c2ccsc2)nc2ccccc12)c1ccccc1. The lowest BCUT2D eigenvalue weighted by Gasteiger charge is -2.18. The quantitative estimate of drug-likeness (QED) is 0.495. The number of methoxy groups -OCH3 is 1. The van der Waals surface area contributed by atoms with Gasteiger partial charge in [0.1, 0.15) is 0 Å². The van der Waals surface area contributed by atoms with Gasteiger partial charge in [-0.1, -0.05) is 48.5 Å². The van der Waals surface area contributed by atoms with Crippen LogP contribution in [0.5, 0.6) is 0 Å². The van der Waals surface area contributed by atoms with Gasteiger partial charge in [0.05, 0.1) is 23.9 Å². The largest absolute Gasteiger partial charge is 0.467 e. The van der Waals surface area contributed by atoms with Crippen molar-refractivity contribution in [2.45, 2.75) is 6.04 Å². The highest BCUT2D eigenvalue weighted by molar-refractivity contribution is 7.08. The van der Waals surface area contributed by atoms with Crippen molar-refractivity contribution in [3.63, 3.8) is 0 Å². The van der Waals surface area contributed by atoms with Gasteiger partial charge in [-0.25, -0.2) is 9.78 Å². The molecule has 0 saturated heterocycles. The average Bonchev–Trinajstić information content (AvgIpc) is 3.31. The minimum absolute atomic E-state index is 0.362. The maximum atomic E-state index is 13.2. The fourth-order valence-corrected chi connectivity index (χ4v) is 3.82. The first-order valence-electron chi connectivity index (χ1n) is 9.03. The van der Waals surface area contributed by atoms with Crippen LogP contribution in [0.3, 0.4) is 0 Å². The number of rotatable bonds is 5. The van der Waals surface area contributed by atoms with Gasteiger partial charge >= 0.3 is 5.97 Å². The average molecular weight is 402 g/mol. The summed E-state index contributed by atoms with van der Waals surface area (Å²) in [6, 6.07) is 19.3. The van der Waals surface area contributed by atoms with Gasteiger partial charge in [-0.2, -0.15) is 11.3 Å². The summed E-state index contributed by atoms with van der Waals surface area (Å²) in [5, 5.41) is 7.50. The molecule has 1 amide bonds. The Morgan fingerprint density at radius 1 is 1.03 bits per heavy atom. The Balaban J connectivity index is 1.77. The summed E-state index contributed by atoms with van der Waals surface area (Å²) in [5.74, 6) is -0.889. The Labute approximate surface area is 172 Å². The van der Waals surface area contributed by atoms with E-state index in [0.29, 0.717) is 16.8 Å². The van der Waals surface area contributed by atoms with Crippen LogP contribution >= 0.6 is 11.3 Å². The molecule has 144 valence electrons. The fourth-order valence-electron chi connectivity index (χ4n) is 3.17. The van der Waals surface area contributed by atoms with Crippen LogP contribution in [0.15, 0.2) is 77.5 Å². The van der Waals surface area contributed by atoms with Crippen LogP contribution in [-0.4, -0.2) is 24.0 Å². The molecular formula is C23H18N2O3S. The second-order valence-electron chi connectivity index (χ2n) is 6.42. The van der Waals surface area contributed by atoms with Crippen LogP contribution in [-0.2, 0) is 9.53 Å². The molecule has 0 fully saturated rings. The van der Waals surface area contributed by atoms with Gasteiger partial charge in [-0.3, -0.25) is 4.79 Å². The number of nitrogens with one attached hydrogen (secondary N) is 1. The minimum Gasteiger partial charge on any atom is -0.467 e. The molecule has 2 heterocycles. The third-order valence-electron chi connectivity index (χ3n) is 4.62. The third-order valence-corrected chi connectivity index (χ3v) is 5.31. The molecule has 1 unspecified atom stereocenters. The van der Waals surface area contributed by atoms with E-state index in [1.807, 2.05) is 59.3 Å². The first kappa shape index (κ1) is 18.8. The fraction of sp³-hybridized carbons (Fsp3) is 0.0870. The highest BCUT2D eigenvalue weighted by atomic mass is 32.1. The summed E-state index contributed by atoms with van der Waals surface area (Å²) >= 11 is 1.57. The van der Waals surface area contributed by atoms with E-state index < -0.39 is 12.0 Å². The molecule has 1 N–H and O–H groups in total. The monoisotopic (exact) mass is 402 g/mol. The zero-order valence-electron chi connectivity index (χ0n) is 15.7. The zero-order chi connectivity index (χ0) is 20.2. The van der Waals surface area contributed by atoms with Gasteiger partial charge < -0.3 is 10.1 Å². The lowest BCUT2D eigenvalue weighted by atomic mass is 10.0. The third kappa shape index (κ3) is 3.88. The second-order valence-corrected chi connectivity index (χ2v) is 7.20. The Hall–Kier alpha value is -3.51. The highest BCUT2D eigenvalue weighted by Crippen LogP contribution is 2.27. The Bertz CT molecular complexity index is 1160. The first-order chi connectivity index (χ1) is 14.2. The van der Waals surface area contributed by atoms with Crippen molar-refractivity contribution < 1.29 is 14.3 Å². The number of aromatic nitrogens is 1. The van der Waals surface area contributed by atoms with Crippen molar-refractivity contribution in [3.05, 3.63) is 88.6 Å². The van der Waals surface area contributed by atoms with Crippen LogP contribution in [0.4, 0.5) is 0 Å². The molecule has 0 aliphatic carbocycles. The normalized spacial score (nSPS) is 11.8. The van der Waals surface area contributed by atoms with Gasteiger partial charge in [-0.05, 0) is 29.1 Å². The van der Waals surface area contributed by atoms with E-state index in [1.54, 1.807) is 29.5 Å². The van der Waals surface area contributed by atoms with E-state index in [2.05, 4.69) is 10.3 Å². The molecule has 0 bridgehead atoms. The molecule has 2 aromatic carbocycles. The lowest BCUT2D eigenvalue weighted by Crippen LogP contribution is -2.34. The van der Waals surface area contributed by atoms with E-state index in [9.17, 15) is 9.59 Å². The number of ether oxygens (including phenoxy) is 1. The molecule has 0 radical (unpaired) electrons. The van der Waals surface area contributed by atoms with Crippen LogP contribution in [0.25, 0.3) is 22.2 Å². The maximum Gasteiger partial charge on any atom is 0.333 e. The summed E-state index contributed by atoms with van der Waals surface area (Å²) in [7, 11) is 1.31. The van der Waals surface area contributed by atoms with E-state index in [1.165, 1.54) is 7.11 Å². The molecular weight excluding hydrogens is 384 g/mol.